The predicted molar refractivity (Wildman–Crippen MR) is 169 cm³/mol. The zero-order chi connectivity index (χ0) is 33.1. The van der Waals surface area contributed by atoms with Gasteiger partial charge in [-0.2, -0.15) is 13.2 Å². The van der Waals surface area contributed by atoms with E-state index in [1.54, 1.807) is 0 Å². The molecule has 0 aliphatic carbocycles. The van der Waals surface area contributed by atoms with Crippen LogP contribution in [0.2, 0.25) is 0 Å². The second-order valence-electron chi connectivity index (χ2n) is 9.73. The smallest absolute Gasteiger partial charge is 0.475 e. The number of benzene rings is 4. The average Bonchev–Trinajstić information content (AvgIpc) is 3.06. The van der Waals surface area contributed by atoms with E-state index < -0.39 is 12.1 Å². The highest BCUT2D eigenvalue weighted by molar-refractivity contribution is 6.09. The van der Waals surface area contributed by atoms with Crippen molar-refractivity contribution in [2.45, 2.75) is 32.6 Å². The van der Waals surface area contributed by atoms with E-state index in [0.717, 1.165) is 54.9 Å². The molecule has 45 heavy (non-hydrogen) atoms. The van der Waals surface area contributed by atoms with Crippen LogP contribution in [-0.2, 0) is 17.9 Å². The Bertz CT molecular complexity index is 1340. The molecule has 4 aromatic carbocycles. The van der Waals surface area contributed by atoms with Gasteiger partial charge >= 0.3 is 12.1 Å². The first kappa shape index (κ1) is 36.6. The van der Waals surface area contributed by atoms with Crippen LogP contribution in [0.3, 0.4) is 0 Å². The summed E-state index contributed by atoms with van der Waals surface area (Å²) in [6.45, 7) is 6.22. The van der Waals surface area contributed by atoms with Gasteiger partial charge in [-0.15, -0.1) is 0 Å². The zero-order valence-corrected chi connectivity index (χ0v) is 25.0. The van der Waals surface area contributed by atoms with Crippen molar-refractivity contribution in [3.8, 4) is 0 Å². The molecule has 0 radical (unpaired) electrons. The zero-order valence-electron chi connectivity index (χ0n) is 25.0. The second kappa shape index (κ2) is 19.6. The molecule has 0 aliphatic rings. The molecule has 0 fully saturated rings. The maximum Gasteiger partial charge on any atom is 0.490 e. The summed E-state index contributed by atoms with van der Waals surface area (Å²) < 4.78 is 31.7. The molecule has 4 rings (SSSR count). The van der Waals surface area contributed by atoms with Gasteiger partial charge in [0.05, 0.1) is 0 Å². The second-order valence-corrected chi connectivity index (χ2v) is 9.73. The van der Waals surface area contributed by atoms with Crippen molar-refractivity contribution < 1.29 is 32.7 Å². The van der Waals surface area contributed by atoms with Crippen LogP contribution in [0, 0.1) is 0 Å². The fourth-order valence-electron chi connectivity index (χ4n) is 3.80. The Balaban J connectivity index is 0.000000260. The van der Waals surface area contributed by atoms with E-state index in [0.29, 0.717) is 12.1 Å². The molecule has 0 aliphatic heterocycles. The number of rotatable bonds is 12. The highest BCUT2D eigenvalue weighted by Crippen LogP contribution is 2.14. The molecule has 10 heteroatoms. The van der Waals surface area contributed by atoms with Crippen LogP contribution in [0.15, 0.2) is 109 Å². The Morgan fingerprint density at radius 3 is 1.27 bits per heavy atom. The van der Waals surface area contributed by atoms with Gasteiger partial charge in [0, 0.05) is 48.4 Å². The third-order valence-corrected chi connectivity index (χ3v) is 6.15. The molecule has 0 spiro atoms. The molecule has 4 aromatic rings. The largest absolute Gasteiger partial charge is 0.490 e. The maximum atomic E-state index is 12.2. The minimum Gasteiger partial charge on any atom is -0.475 e. The lowest BCUT2D eigenvalue weighted by molar-refractivity contribution is -0.192. The van der Waals surface area contributed by atoms with E-state index >= 15 is 0 Å². The summed E-state index contributed by atoms with van der Waals surface area (Å²) in [4.78, 5) is 33.3. The van der Waals surface area contributed by atoms with Crippen molar-refractivity contribution in [1.29, 1.82) is 0 Å². The lowest BCUT2D eigenvalue weighted by atomic mass is 10.0. The number of carbonyl (C=O) groups excluding carboxylic acids is 2. The Hall–Kier alpha value is -4.64. The van der Waals surface area contributed by atoms with Crippen LogP contribution in [-0.4, -0.2) is 48.5 Å². The number of carbonyl (C=O) groups is 3. The molecule has 7 nitrogen and oxygen atoms in total. The van der Waals surface area contributed by atoms with E-state index in [1.165, 1.54) is 5.56 Å². The number of ketones is 2. The number of nitrogens with one attached hydrogen (secondary N) is 2. The fourth-order valence-corrected chi connectivity index (χ4v) is 3.80. The quantitative estimate of drug-likeness (QED) is 0.113. The maximum absolute atomic E-state index is 12.2. The minimum atomic E-state index is -5.08. The summed E-state index contributed by atoms with van der Waals surface area (Å²) in [5, 5.41) is 13.7. The number of carboxylic acid groups (broad SMARTS) is 1. The van der Waals surface area contributed by atoms with Crippen LogP contribution in [0.4, 0.5) is 13.2 Å². The SMILES string of the molecule is CCCNCc1ccc(C(=O)c2ccccc2)cc1.NCCNCc1ccc(C(=O)c2ccccc2)cc1.O=C(O)C(F)(F)F. The van der Waals surface area contributed by atoms with Gasteiger partial charge in [-0.05, 0) is 24.1 Å². The summed E-state index contributed by atoms with van der Waals surface area (Å²) in [6, 6.07) is 34.2. The number of alkyl halides is 3. The topological polar surface area (TPSA) is 122 Å². The first-order chi connectivity index (χ1) is 21.6. The Morgan fingerprint density at radius 2 is 0.956 bits per heavy atom. The fraction of sp³-hybridized carbons (Fsp3) is 0.229. The van der Waals surface area contributed by atoms with Crippen molar-refractivity contribution in [2.24, 2.45) is 5.73 Å². The minimum absolute atomic E-state index is 0.0575. The Morgan fingerprint density at radius 1 is 0.622 bits per heavy atom. The van der Waals surface area contributed by atoms with Crippen LogP contribution in [0.25, 0.3) is 0 Å². The summed E-state index contributed by atoms with van der Waals surface area (Å²) in [5.74, 6) is -2.62. The van der Waals surface area contributed by atoms with Crippen molar-refractivity contribution in [3.05, 3.63) is 143 Å². The van der Waals surface area contributed by atoms with E-state index in [-0.39, 0.29) is 11.6 Å². The molecule has 5 N–H and O–H groups in total. The van der Waals surface area contributed by atoms with E-state index in [4.69, 9.17) is 15.6 Å². The third-order valence-electron chi connectivity index (χ3n) is 6.15. The summed E-state index contributed by atoms with van der Waals surface area (Å²) >= 11 is 0. The monoisotopic (exact) mass is 621 g/mol. The number of nitrogens with two attached hydrogens (primary N) is 1. The van der Waals surface area contributed by atoms with Crippen LogP contribution in [0.5, 0.6) is 0 Å². The molecule has 0 bridgehead atoms. The predicted octanol–water partition coefficient (Wildman–Crippen LogP) is 6.02. The summed E-state index contributed by atoms with van der Waals surface area (Å²) in [7, 11) is 0. The van der Waals surface area contributed by atoms with Gasteiger partial charge < -0.3 is 21.5 Å². The Labute approximate surface area is 261 Å². The third kappa shape index (κ3) is 13.7. The molecule has 0 atom stereocenters. The first-order valence-electron chi connectivity index (χ1n) is 14.4. The van der Waals surface area contributed by atoms with Crippen molar-refractivity contribution in [3.63, 3.8) is 0 Å². The van der Waals surface area contributed by atoms with Gasteiger partial charge in [0.25, 0.3) is 0 Å². The van der Waals surface area contributed by atoms with Gasteiger partial charge in [0.1, 0.15) is 0 Å². The number of halogens is 3. The van der Waals surface area contributed by atoms with Crippen molar-refractivity contribution in [1.82, 2.24) is 10.6 Å². The molecule has 0 heterocycles. The van der Waals surface area contributed by atoms with Gasteiger partial charge in [0.15, 0.2) is 11.6 Å². The number of aliphatic carboxylic acids is 1. The highest BCUT2D eigenvalue weighted by atomic mass is 19.4. The molecule has 0 amide bonds. The van der Waals surface area contributed by atoms with Crippen LogP contribution < -0.4 is 16.4 Å². The first-order valence-corrected chi connectivity index (χ1v) is 14.4. The van der Waals surface area contributed by atoms with E-state index in [9.17, 15) is 22.8 Å². The molecular weight excluding hydrogens is 583 g/mol. The standard InChI is InChI=1S/C17H19NO.C16H18N2O.C2HF3O2/c1-2-12-18-13-14-8-10-16(11-9-14)17(19)15-6-4-3-5-7-15;17-10-11-18-12-13-6-8-15(9-7-13)16(19)14-4-2-1-3-5-14;3-2(4,5)1(6)7/h3-11,18H,2,12-13H2,1H3;1-9,18H,10-12,17H2;(H,6,7). The molecule has 0 saturated carbocycles. The van der Waals surface area contributed by atoms with Crippen molar-refractivity contribution in [2.75, 3.05) is 19.6 Å². The van der Waals surface area contributed by atoms with Crippen LogP contribution in [0.1, 0.15) is 56.3 Å². The highest BCUT2D eigenvalue weighted by Gasteiger charge is 2.38. The molecule has 0 saturated heterocycles. The number of hydrogen-bond acceptors (Lipinski definition) is 6. The molecule has 0 unspecified atom stereocenters. The molecule has 0 aromatic heterocycles. The summed E-state index contributed by atoms with van der Waals surface area (Å²) in [5.41, 5.74) is 10.7. The Kier molecular flexibility index (Phi) is 15.9. The van der Waals surface area contributed by atoms with Crippen LogP contribution >= 0.6 is 0 Å². The summed E-state index contributed by atoms with van der Waals surface area (Å²) in [6.07, 6.45) is -3.95. The number of carboxylic acids is 1. The number of hydrogen-bond donors (Lipinski definition) is 4. The van der Waals surface area contributed by atoms with Gasteiger partial charge in [-0.25, -0.2) is 4.79 Å². The lowest BCUT2D eigenvalue weighted by Crippen LogP contribution is -2.21. The molecular formula is C35H38F3N3O4. The van der Waals surface area contributed by atoms with E-state index in [2.05, 4.69) is 17.6 Å². The van der Waals surface area contributed by atoms with Gasteiger partial charge in [-0.3, -0.25) is 9.59 Å². The molecule has 238 valence electrons. The normalized spacial score (nSPS) is 10.5. The van der Waals surface area contributed by atoms with Gasteiger partial charge in [-0.1, -0.05) is 116 Å². The van der Waals surface area contributed by atoms with Crippen molar-refractivity contribution >= 4 is 17.5 Å². The lowest BCUT2D eigenvalue weighted by Gasteiger charge is -2.05. The van der Waals surface area contributed by atoms with E-state index in [1.807, 2.05) is 109 Å². The van der Waals surface area contributed by atoms with Gasteiger partial charge in [0.2, 0.25) is 0 Å². The average molecular weight is 622 g/mol.